The molecule has 5 rings (SSSR count). The number of phenolic OH excluding ortho intramolecular Hbond substituents is 1. The number of rotatable bonds is 3. The third-order valence-corrected chi connectivity index (χ3v) is 8.28. The Bertz CT molecular complexity index is 1330. The van der Waals surface area contributed by atoms with Gasteiger partial charge in [0.2, 0.25) is 5.91 Å². The van der Waals surface area contributed by atoms with Crippen molar-refractivity contribution in [3.8, 4) is 16.9 Å². The number of aromatic hydroxyl groups is 1. The van der Waals surface area contributed by atoms with Gasteiger partial charge in [-0.3, -0.25) is 24.0 Å². The first-order valence-electron chi connectivity index (χ1n) is 12.1. The molecular formula is C28H27NO7. The Balaban J connectivity index is 1.66. The molecule has 3 aliphatic rings. The lowest BCUT2D eigenvalue weighted by molar-refractivity contribution is -0.182. The standard InChI is InChI=1S/C28H27NO7/c1-12(2)19-17-11-14-10-16-15(13-6-4-3-5-7-13)8-9-18(30)21(16)24(32)20(14)25(33)28(17,36)26(34)22(23(19)31)27(29)35/h3-9,12,14,17,19-20,22,30,36H,10-11H2,1-2H3,(H2,29,35)/t14-,17-,19-,20?,22?,28-/m0/s1. The average molecular weight is 490 g/mol. The van der Waals surface area contributed by atoms with E-state index in [2.05, 4.69) is 0 Å². The topological polar surface area (TPSA) is 152 Å². The molecule has 8 nitrogen and oxygen atoms in total. The molecule has 0 heterocycles. The fourth-order valence-corrected chi connectivity index (χ4v) is 6.74. The minimum absolute atomic E-state index is 0.000742. The Morgan fingerprint density at radius 2 is 1.69 bits per heavy atom. The molecule has 0 aliphatic heterocycles. The summed E-state index contributed by atoms with van der Waals surface area (Å²) in [6, 6.07) is 12.5. The molecule has 0 radical (unpaired) electrons. The van der Waals surface area contributed by atoms with Crippen LogP contribution in [-0.4, -0.2) is 44.9 Å². The van der Waals surface area contributed by atoms with E-state index in [1.807, 2.05) is 30.3 Å². The summed E-state index contributed by atoms with van der Waals surface area (Å²) in [6.45, 7) is 3.44. The summed E-state index contributed by atoms with van der Waals surface area (Å²) in [5, 5.41) is 22.2. The molecule has 0 aromatic heterocycles. The van der Waals surface area contributed by atoms with Gasteiger partial charge in [0.05, 0.1) is 11.5 Å². The summed E-state index contributed by atoms with van der Waals surface area (Å²) in [5.74, 6) is -11.4. The fourth-order valence-electron chi connectivity index (χ4n) is 6.74. The van der Waals surface area contributed by atoms with Crippen LogP contribution in [0.3, 0.4) is 0 Å². The lowest BCUT2D eigenvalue weighted by Gasteiger charge is -2.52. The van der Waals surface area contributed by atoms with Gasteiger partial charge >= 0.3 is 0 Å². The van der Waals surface area contributed by atoms with Crippen LogP contribution in [0.2, 0.25) is 0 Å². The van der Waals surface area contributed by atoms with Gasteiger partial charge in [-0.05, 0) is 47.4 Å². The van der Waals surface area contributed by atoms with Crippen LogP contribution in [0.25, 0.3) is 11.1 Å². The summed E-state index contributed by atoms with van der Waals surface area (Å²) < 4.78 is 0. The molecule has 186 valence electrons. The van der Waals surface area contributed by atoms with E-state index >= 15 is 0 Å². The minimum Gasteiger partial charge on any atom is -0.507 e. The molecule has 6 atom stereocenters. The van der Waals surface area contributed by atoms with E-state index in [4.69, 9.17) is 5.73 Å². The van der Waals surface area contributed by atoms with Crippen LogP contribution in [0.5, 0.6) is 5.75 Å². The summed E-state index contributed by atoms with van der Waals surface area (Å²) in [6.07, 6.45) is 0.308. The Labute approximate surface area is 207 Å². The second-order valence-corrected chi connectivity index (χ2v) is 10.5. The number of fused-ring (bicyclic) bond motifs is 3. The number of Topliss-reactive ketones (excluding diaryl/α,β-unsaturated/α-hetero) is 4. The smallest absolute Gasteiger partial charge is 0.235 e. The van der Waals surface area contributed by atoms with Gasteiger partial charge in [0.15, 0.2) is 34.7 Å². The third-order valence-electron chi connectivity index (χ3n) is 8.28. The van der Waals surface area contributed by atoms with Gasteiger partial charge in [-0.2, -0.15) is 0 Å². The molecule has 0 saturated heterocycles. The molecule has 8 heteroatoms. The number of aliphatic hydroxyl groups is 1. The third kappa shape index (κ3) is 3.13. The summed E-state index contributed by atoms with van der Waals surface area (Å²) in [4.78, 5) is 66.1. The van der Waals surface area contributed by atoms with Gasteiger partial charge in [0.25, 0.3) is 0 Å². The predicted octanol–water partition coefficient (Wildman–Crippen LogP) is 1.88. The molecule has 4 N–H and O–H groups in total. The maximum absolute atomic E-state index is 13.8. The number of hydrogen-bond donors (Lipinski definition) is 3. The van der Waals surface area contributed by atoms with Gasteiger partial charge < -0.3 is 15.9 Å². The molecule has 2 saturated carbocycles. The van der Waals surface area contributed by atoms with E-state index in [9.17, 15) is 34.2 Å². The van der Waals surface area contributed by atoms with E-state index in [0.717, 1.165) is 11.1 Å². The number of primary amides is 1. The number of nitrogens with two attached hydrogens (primary N) is 1. The van der Waals surface area contributed by atoms with E-state index < -0.39 is 64.2 Å². The average Bonchev–Trinajstić information content (AvgIpc) is 2.81. The van der Waals surface area contributed by atoms with Crippen LogP contribution in [0.15, 0.2) is 42.5 Å². The van der Waals surface area contributed by atoms with Gasteiger partial charge in [-0.1, -0.05) is 50.2 Å². The zero-order chi connectivity index (χ0) is 26.1. The molecule has 2 aromatic carbocycles. The summed E-state index contributed by atoms with van der Waals surface area (Å²) in [7, 11) is 0. The number of carbonyl (C=O) groups is 5. The highest BCUT2D eigenvalue weighted by atomic mass is 16.3. The molecule has 0 spiro atoms. The van der Waals surface area contributed by atoms with E-state index in [1.165, 1.54) is 6.07 Å². The van der Waals surface area contributed by atoms with Crippen LogP contribution < -0.4 is 5.73 Å². The lowest BCUT2D eigenvalue weighted by Crippen LogP contribution is -2.71. The second kappa shape index (κ2) is 8.20. The second-order valence-electron chi connectivity index (χ2n) is 10.5. The van der Waals surface area contributed by atoms with Crippen LogP contribution in [0, 0.1) is 35.5 Å². The highest BCUT2D eigenvalue weighted by molar-refractivity contribution is 6.32. The molecule has 2 fully saturated rings. The zero-order valence-electron chi connectivity index (χ0n) is 19.9. The Hall–Kier alpha value is -3.65. The van der Waals surface area contributed by atoms with Crippen LogP contribution in [-0.2, 0) is 25.6 Å². The van der Waals surface area contributed by atoms with Crippen molar-refractivity contribution < 1.29 is 34.2 Å². The summed E-state index contributed by atoms with van der Waals surface area (Å²) in [5.41, 5.74) is 4.85. The fraction of sp³-hybridized carbons (Fsp3) is 0.393. The van der Waals surface area contributed by atoms with Gasteiger partial charge in [0.1, 0.15) is 5.75 Å². The highest BCUT2D eigenvalue weighted by Crippen LogP contribution is 2.53. The Morgan fingerprint density at radius 1 is 1.03 bits per heavy atom. The van der Waals surface area contributed by atoms with Crippen molar-refractivity contribution in [2.45, 2.75) is 32.3 Å². The highest BCUT2D eigenvalue weighted by Gasteiger charge is 2.69. The quantitative estimate of drug-likeness (QED) is 0.557. The number of benzene rings is 2. The van der Waals surface area contributed by atoms with Crippen LogP contribution >= 0.6 is 0 Å². The maximum atomic E-state index is 13.8. The monoisotopic (exact) mass is 489 g/mol. The van der Waals surface area contributed by atoms with Crippen molar-refractivity contribution in [3.63, 3.8) is 0 Å². The molecule has 2 aromatic rings. The van der Waals surface area contributed by atoms with Crippen molar-refractivity contribution in [2.24, 2.45) is 41.2 Å². The lowest BCUT2D eigenvalue weighted by atomic mass is 9.49. The van der Waals surface area contributed by atoms with Gasteiger partial charge in [0, 0.05) is 11.8 Å². The zero-order valence-corrected chi connectivity index (χ0v) is 19.9. The minimum atomic E-state index is -2.68. The van der Waals surface area contributed by atoms with Crippen LogP contribution in [0.1, 0.15) is 36.2 Å². The number of ketones is 4. The molecule has 1 amide bonds. The van der Waals surface area contributed by atoms with Crippen molar-refractivity contribution in [3.05, 3.63) is 53.6 Å². The SMILES string of the molecule is CC(C)[C@@H]1C(=O)C(C(N)=O)C(=O)[C@@]2(O)C(=O)C3C(=O)c4c(O)ccc(-c5ccccc5)c4C[C@H]3C[C@@H]12. The predicted molar refractivity (Wildman–Crippen MR) is 128 cm³/mol. The normalized spacial score (nSPS) is 31.6. The van der Waals surface area contributed by atoms with Gasteiger partial charge in [-0.15, -0.1) is 0 Å². The van der Waals surface area contributed by atoms with E-state index in [-0.39, 0.29) is 30.1 Å². The maximum Gasteiger partial charge on any atom is 0.235 e. The van der Waals surface area contributed by atoms with Crippen molar-refractivity contribution in [2.75, 3.05) is 0 Å². The molecule has 0 bridgehead atoms. The Morgan fingerprint density at radius 3 is 2.31 bits per heavy atom. The number of carbonyl (C=O) groups excluding carboxylic acids is 5. The van der Waals surface area contributed by atoms with Crippen LogP contribution in [0.4, 0.5) is 0 Å². The van der Waals surface area contributed by atoms with Crippen molar-refractivity contribution in [1.82, 2.24) is 0 Å². The number of amides is 1. The van der Waals surface area contributed by atoms with E-state index in [0.29, 0.717) is 5.56 Å². The molecule has 2 unspecified atom stereocenters. The molecular weight excluding hydrogens is 462 g/mol. The number of hydrogen-bond acceptors (Lipinski definition) is 7. The van der Waals surface area contributed by atoms with Gasteiger partial charge in [-0.25, -0.2) is 0 Å². The number of phenols is 1. The first kappa shape index (κ1) is 24.1. The molecule has 36 heavy (non-hydrogen) atoms. The molecule has 3 aliphatic carbocycles. The first-order chi connectivity index (χ1) is 17.0. The van der Waals surface area contributed by atoms with Crippen molar-refractivity contribution >= 4 is 29.0 Å². The largest absolute Gasteiger partial charge is 0.507 e. The first-order valence-corrected chi connectivity index (χ1v) is 12.1. The summed E-state index contributed by atoms with van der Waals surface area (Å²) >= 11 is 0. The van der Waals surface area contributed by atoms with E-state index in [1.54, 1.807) is 19.9 Å². The van der Waals surface area contributed by atoms with Crippen molar-refractivity contribution in [1.29, 1.82) is 0 Å². The Kier molecular flexibility index (Phi) is 5.48.